The number of aryl methyl sites for hydroxylation is 1. The highest BCUT2D eigenvalue weighted by Gasteiger charge is 2.37. The van der Waals surface area contributed by atoms with Gasteiger partial charge in [-0.05, 0) is 37.3 Å². The Morgan fingerprint density at radius 2 is 1.84 bits per heavy atom. The molecule has 7 nitrogen and oxygen atoms in total. The highest BCUT2D eigenvalue weighted by Crippen LogP contribution is 2.27. The van der Waals surface area contributed by atoms with Crippen molar-refractivity contribution in [2.24, 2.45) is 5.92 Å². The minimum absolute atomic E-state index is 0.0349. The molecule has 2 aliphatic rings. The first kappa shape index (κ1) is 19.8. The molecule has 2 aliphatic heterocycles. The van der Waals surface area contributed by atoms with Crippen LogP contribution in [0.3, 0.4) is 0 Å². The molecule has 0 bridgehead atoms. The number of amides is 2. The van der Waals surface area contributed by atoms with E-state index in [0.29, 0.717) is 26.1 Å². The highest BCUT2D eigenvalue weighted by atomic mass is 16.2. The number of hydrogen-bond donors (Lipinski definition) is 0. The zero-order chi connectivity index (χ0) is 21.4. The van der Waals surface area contributed by atoms with E-state index in [-0.39, 0.29) is 17.7 Å². The third kappa shape index (κ3) is 4.05. The molecule has 2 aromatic heterocycles. The molecular weight excluding hydrogens is 390 g/mol. The summed E-state index contributed by atoms with van der Waals surface area (Å²) in [5.41, 5.74) is 4.17. The maximum atomic E-state index is 13.1. The molecular formula is C24H27N5O2. The summed E-state index contributed by atoms with van der Waals surface area (Å²) >= 11 is 0. The van der Waals surface area contributed by atoms with Crippen LogP contribution in [0.15, 0.2) is 54.7 Å². The number of aromatic nitrogens is 2. The predicted molar refractivity (Wildman–Crippen MR) is 119 cm³/mol. The number of nitrogens with zero attached hydrogens (tertiary/aromatic N) is 5. The van der Waals surface area contributed by atoms with E-state index >= 15 is 0 Å². The van der Waals surface area contributed by atoms with Gasteiger partial charge in [-0.1, -0.05) is 23.8 Å². The first-order chi connectivity index (χ1) is 15.1. The Bertz CT molecular complexity index is 1070. The highest BCUT2D eigenvalue weighted by molar-refractivity contribution is 6.00. The van der Waals surface area contributed by atoms with Gasteiger partial charge in [-0.15, -0.1) is 0 Å². The number of fused-ring (bicyclic) bond motifs is 1. The molecule has 3 aromatic rings. The van der Waals surface area contributed by atoms with Crippen molar-refractivity contribution >= 4 is 23.0 Å². The third-order valence-electron chi connectivity index (χ3n) is 6.31. The van der Waals surface area contributed by atoms with Gasteiger partial charge in [0, 0.05) is 57.6 Å². The largest absolute Gasteiger partial charge is 0.340 e. The zero-order valence-corrected chi connectivity index (χ0v) is 17.8. The Kier molecular flexibility index (Phi) is 5.19. The van der Waals surface area contributed by atoms with E-state index in [2.05, 4.69) is 22.1 Å². The van der Waals surface area contributed by atoms with Gasteiger partial charge in [0.2, 0.25) is 11.8 Å². The predicted octanol–water partition coefficient (Wildman–Crippen LogP) is 2.34. The maximum Gasteiger partial charge on any atom is 0.228 e. The summed E-state index contributed by atoms with van der Waals surface area (Å²) in [6.45, 7) is 6.32. The van der Waals surface area contributed by atoms with Gasteiger partial charge in [-0.25, -0.2) is 4.52 Å². The monoisotopic (exact) mass is 417 g/mol. The Hall–Kier alpha value is -3.19. The third-order valence-corrected chi connectivity index (χ3v) is 6.31. The van der Waals surface area contributed by atoms with Crippen LogP contribution in [-0.2, 0) is 16.1 Å². The smallest absolute Gasteiger partial charge is 0.228 e. The van der Waals surface area contributed by atoms with E-state index in [1.165, 1.54) is 0 Å². The van der Waals surface area contributed by atoms with Crippen LogP contribution >= 0.6 is 0 Å². The molecule has 7 heteroatoms. The van der Waals surface area contributed by atoms with Gasteiger partial charge in [0.15, 0.2) is 0 Å². The maximum absolute atomic E-state index is 13.1. The first-order valence-corrected chi connectivity index (χ1v) is 10.9. The SMILES string of the molecule is Cc1ccc(N2CC(C(=O)N3CCN(Cc4cc5ccccn5n4)CC3)CC2=O)cc1. The van der Waals surface area contributed by atoms with Gasteiger partial charge in [0.25, 0.3) is 0 Å². The Balaban J connectivity index is 1.16. The minimum atomic E-state index is -0.251. The molecule has 2 saturated heterocycles. The van der Waals surface area contributed by atoms with Gasteiger partial charge in [0.05, 0.1) is 17.1 Å². The van der Waals surface area contributed by atoms with Gasteiger partial charge >= 0.3 is 0 Å². The molecule has 0 N–H and O–H groups in total. The fraction of sp³-hybridized carbons (Fsp3) is 0.375. The lowest BCUT2D eigenvalue weighted by molar-refractivity contribution is -0.137. The number of anilines is 1. The summed E-state index contributed by atoms with van der Waals surface area (Å²) in [7, 11) is 0. The average Bonchev–Trinajstić information content (AvgIpc) is 3.37. The molecule has 2 amide bonds. The number of carbonyl (C=O) groups is 2. The number of hydrogen-bond acceptors (Lipinski definition) is 4. The second-order valence-corrected chi connectivity index (χ2v) is 8.55. The molecule has 1 atom stereocenters. The van der Waals surface area contributed by atoms with E-state index < -0.39 is 0 Å². The molecule has 4 heterocycles. The van der Waals surface area contributed by atoms with E-state index in [1.54, 1.807) is 4.90 Å². The molecule has 1 unspecified atom stereocenters. The van der Waals surface area contributed by atoms with Crippen molar-refractivity contribution in [3.8, 4) is 0 Å². The minimum Gasteiger partial charge on any atom is -0.340 e. The van der Waals surface area contributed by atoms with Crippen LogP contribution in [0.2, 0.25) is 0 Å². The molecule has 0 spiro atoms. The first-order valence-electron chi connectivity index (χ1n) is 10.9. The number of carbonyl (C=O) groups excluding carboxylic acids is 2. The topological polar surface area (TPSA) is 61.2 Å². The molecule has 0 aliphatic carbocycles. The Morgan fingerprint density at radius 1 is 1.06 bits per heavy atom. The molecule has 2 fully saturated rings. The van der Waals surface area contributed by atoms with Crippen LogP contribution in [0.1, 0.15) is 17.7 Å². The number of pyridine rings is 1. The molecule has 160 valence electrons. The lowest BCUT2D eigenvalue weighted by Gasteiger charge is -2.35. The van der Waals surface area contributed by atoms with Gasteiger partial charge < -0.3 is 9.80 Å². The fourth-order valence-corrected chi connectivity index (χ4v) is 4.53. The van der Waals surface area contributed by atoms with Crippen molar-refractivity contribution in [3.05, 3.63) is 66.0 Å². The summed E-state index contributed by atoms with van der Waals surface area (Å²) in [4.78, 5) is 31.6. The zero-order valence-electron chi connectivity index (χ0n) is 17.8. The standard InChI is InChI=1S/C24H27N5O2/c1-18-5-7-21(8-6-18)28-16-19(14-23(28)30)24(31)27-12-10-26(11-13-27)17-20-15-22-4-2-3-9-29(22)25-20/h2-9,15,19H,10-14,16-17H2,1H3. The summed E-state index contributed by atoms with van der Waals surface area (Å²) in [5, 5.41) is 4.63. The van der Waals surface area contributed by atoms with Crippen molar-refractivity contribution in [2.45, 2.75) is 19.9 Å². The van der Waals surface area contributed by atoms with E-state index in [4.69, 9.17) is 0 Å². The normalized spacial score (nSPS) is 20.0. The van der Waals surface area contributed by atoms with Crippen LogP contribution in [-0.4, -0.2) is 64.0 Å². The number of benzene rings is 1. The fourth-order valence-electron chi connectivity index (χ4n) is 4.53. The van der Waals surface area contributed by atoms with Crippen LogP contribution in [0.4, 0.5) is 5.69 Å². The van der Waals surface area contributed by atoms with Crippen LogP contribution in [0.25, 0.3) is 5.52 Å². The van der Waals surface area contributed by atoms with Gasteiger partial charge in [-0.2, -0.15) is 5.10 Å². The van der Waals surface area contributed by atoms with Gasteiger partial charge in [0.1, 0.15) is 0 Å². The van der Waals surface area contributed by atoms with E-state index in [9.17, 15) is 9.59 Å². The molecule has 31 heavy (non-hydrogen) atoms. The number of rotatable bonds is 4. The van der Waals surface area contributed by atoms with Crippen molar-refractivity contribution in [1.82, 2.24) is 19.4 Å². The quantitative estimate of drug-likeness (QED) is 0.654. The van der Waals surface area contributed by atoms with Crippen molar-refractivity contribution in [2.75, 3.05) is 37.6 Å². The van der Waals surface area contributed by atoms with Crippen molar-refractivity contribution < 1.29 is 9.59 Å². The molecule has 1 aromatic carbocycles. The second-order valence-electron chi connectivity index (χ2n) is 8.55. The van der Waals surface area contributed by atoms with E-state index in [0.717, 1.165) is 42.1 Å². The van der Waals surface area contributed by atoms with Crippen LogP contribution < -0.4 is 4.90 Å². The summed E-state index contributed by atoms with van der Waals surface area (Å²) < 4.78 is 1.89. The molecule has 0 radical (unpaired) electrons. The van der Waals surface area contributed by atoms with Crippen LogP contribution in [0, 0.1) is 12.8 Å². The second kappa shape index (κ2) is 8.15. The van der Waals surface area contributed by atoms with Crippen molar-refractivity contribution in [1.29, 1.82) is 0 Å². The summed E-state index contributed by atoms with van der Waals surface area (Å²) in [6.07, 6.45) is 2.26. The summed E-state index contributed by atoms with van der Waals surface area (Å²) in [6, 6.07) is 16.1. The lowest BCUT2D eigenvalue weighted by Crippen LogP contribution is -2.50. The average molecular weight is 418 g/mol. The van der Waals surface area contributed by atoms with Crippen LogP contribution in [0.5, 0.6) is 0 Å². The lowest BCUT2D eigenvalue weighted by atomic mass is 10.1. The number of piperazine rings is 1. The summed E-state index contributed by atoms with van der Waals surface area (Å²) in [5.74, 6) is -0.109. The molecule has 0 saturated carbocycles. The van der Waals surface area contributed by atoms with Crippen molar-refractivity contribution in [3.63, 3.8) is 0 Å². The Morgan fingerprint density at radius 3 is 2.58 bits per heavy atom. The molecule has 5 rings (SSSR count). The van der Waals surface area contributed by atoms with E-state index in [1.807, 2.05) is 58.9 Å². The van der Waals surface area contributed by atoms with Gasteiger partial charge in [-0.3, -0.25) is 14.5 Å². The Labute approximate surface area is 181 Å².